The van der Waals surface area contributed by atoms with Crippen LogP contribution >= 0.6 is 0 Å². The van der Waals surface area contributed by atoms with Gasteiger partial charge in [0.25, 0.3) is 0 Å². The smallest absolute Gasteiger partial charge is 0.305 e. The number of hydrogen-bond donors (Lipinski definition) is 0. The molecule has 0 aromatic heterocycles. The lowest BCUT2D eigenvalue weighted by molar-refractivity contribution is -0.140. The van der Waals surface area contributed by atoms with Gasteiger partial charge in [0.15, 0.2) is 0 Å². The zero-order valence-electron chi connectivity index (χ0n) is 20.5. The van der Waals surface area contributed by atoms with Gasteiger partial charge in [-0.3, -0.25) is 4.79 Å². The van der Waals surface area contributed by atoms with Gasteiger partial charge in [0.2, 0.25) is 0 Å². The quantitative estimate of drug-likeness (QED) is 0.263. The fourth-order valence-electron chi connectivity index (χ4n) is 4.56. The average molecular weight is 452 g/mol. The first kappa shape index (κ1) is 25.5. The van der Waals surface area contributed by atoms with Crippen molar-refractivity contribution < 1.29 is 14.3 Å². The molecule has 0 bridgehead atoms. The molecule has 4 nitrogen and oxygen atoms in total. The van der Waals surface area contributed by atoms with E-state index < -0.39 is 0 Å². The second-order valence-electron chi connectivity index (χ2n) is 9.20. The van der Waals surface area contributed by atoms with Crippen LogP contribution in [0.3, 0.4) is 0 Å². The summed E-state index contributed by atoms with van der Waals surface area (Å²) in [6.07, 6.45) is 9.69. The van der Waals surface area contributed by atoms with E-state index in [0.29, 0.717) is 6.42 Å². The molecule has 0 aliphatic carbocycles. The molecule has 0 radical (unpaired) electrons. The Bertz CT molecular complexity index is 797. The third kappa shape index (κ3) is 8.60. The normalized spacial score (nSPS) is 15.9. The lowest BCUT2D eigenvalue weighted by atomic mass is 9.98. The lowest BCUT2D eigenvalue weighted by Crippen LogP contribution is -2.38. The van der Waals surface area contributed by atoms with Gasteiger partial charge in [-0.15, -0.1) is 0 Å². The van der Waals surface area contributed by atoms with E-state index in [-0.39, 0.29) is 18.2 Å². The number of methoxy groups -OCH3 is 1. The molecule has 3 rings (SSSR count). The molecule has 0 N–H and O–H groups in total. The molecule has 4 heteroatoms. The van der Waals surface area contributed by atoms with Gasteiger partial charge in [0.1, 0.15) is 6.10 Å². The largest absolute Gasteiger partial charge is 0.469 e. The van der Waals surface area contributed by atoms with Gasteiger partial charge < -0.3 is 14.4 Å². The third-order valence-electron chi connectivity index (χ3n) is 6.65. The van der Waals surface area contributed by atoms with Crippen molar-refractivity contribution >= 4 is 5.97 Å². The SMILES string of the molecule is CCCCc1ccc(C(OC2CCN(CCCCCC(=O)OC)CC2)c2ccccc2)cc1. The maximum Gasteiger partial charge on any atom is 0.305 e. The Balaban J connectivity index is 1.50. The molecule has 33 heavy (non-hydrogen) atoms. The van der Waals surface area contributed by atoms with Gasteiger partial charge in [-0.25, -0.2) is 0 Å². The molecule has 1 aliphatic heterocycles. The van der Waals surface area contributed by atoms with Crippen LogP contribution in [0.25, 0.3) is 0 Å². The molecule has 1 heterocycles. The third-order valence-corrected chi connectivity index (χ3v) is 6.65. The number of aryl methyl sites for hydroxylation is 1. The van der Waals surface area contributed by atoms with Crippen LogP contribution in [0.5, 0.6) is 0 Å². The maximum atomic E-state index is 11.2. The molecule has 180 valence electrons. The number of piperidine rings is 1. The molecule has 1 aliphatic rings. The molecule has 2 aromatic carbocycles. The molecular weight excluding hydrogens is 410 g/mol. The second kappa shape index (κ2) is 14.2. The number of esters is 1. The Morgan fingerprint density at radius 3 is 2.30 bits per heavy atom. The van der Waals surface area contributed by atoms with Crippen LogP contribution in [0.15, 0.2) is 54.6 Å². The van der Waals surface area contributed by atoms with Crippen molar-refractivity contribution in [2.75, 3.05) is 26.7 Å². The molecule has 1 saturated heterocycles. The van der Waals surface area contributed by atoms with E-state index in [1.807, 2.05) is 0 Å². The molecular formula is C29H41NO3. The van der Waals surface area contributed by atoms with E-state index in [2.05, 4.69) is 66.4 Å². The average Bonchev–Trinajstić information content (AvgIpc) is 2.87. The first-order valence-electron chi connectivity index (χ1n) is 12.8. The summed E-state index contributed by atoms with van der Waals surface area (Å²) in [6, 6.07) is 19.7. The monoisotopic (exact) mass is 451 g/mol. The Kier molecular flexibility index (Phi) is 10.9. The van der Waals surface area contributed by atoms with Crippen molar-refractivity contribution in [3.05, 3.63) is 71.3 Å². The zero-order chi connectivity index (χ0) is 23.3. The Hall–Kier alpha value is -2.17. The van der Waals surface area contributed by atoms with E-state index in [1.165, 1.54) is 36.6 Å². The first-order chi connectivity index (χ1) is 16.2. The summed E-state index contributed by atoms with van der Waals surface area (Å²) in [6.45, 7) is 5.51. The molecule has 1 fully saturated rings. The van der Waals surface area contributed by atoms with Crippen molar-refractivity contribution in [2.24, 2.45) is 0 Å². The maximum absolute atomic E-state index is 11.2. The molecule has 0 saturated carbocycles. The van der Waals surface area contributed by atoms with Gasteiger partial charge in [-0.1, -0.05) is 74.4 Å². The summed E-state index contributed by atoms with van der Waals surface area (Å²) < 4.78 is 11.4. The number of nitrogens with zero attached hydrogens (tertiary/aromatic N) is 1. The number of likely N-dealkylation sites (tertiary alicyclic amines) is 1. The highest BCUT2D eigenvalue weighted by Gasteiger charge is 2.24. The Labute approximate surface area is 200 Å². The number of carbonyl (C=O) groups excluding carboxylic acids is 1. The topological polar surface area (TPSA) is 38.8 Å². The van der Waals surface area contributed by atoms with Crippen LogP contribution in [-0.2, 0) is 20.7 Å². The predicted octanol–water partition coefficient (Wildman–Crippen LogP) is 6.33. The molecule has 0 spiro atoms. The van der Waals surface area contributed by atoms with Crippen molar-refractivity contribution in [2.45, 2.75) is 76.9 Å². The summed E-state index contributed by atoms with van der Waals surface area (Å²) in [5.41, 5.74) is 3.88. The number of hydrogen-bond acceptors (Lipinski definition) is 4. The molecule has 0 amide bonds. The van der Waals surface area contributed by atoms with Crippen LogP contribution in [0.4, 0.5) is 0 Å². The molecule has 1 atom stereocenters. The van der Waals surface area contributed by atoms with Crippen molar-refractivity contribution in [3.8, 4) is 0 Å². The van der Waals surface area contributed by atoms with Crippen molar-refractivity contribution in [1.29, 1.82) is 0 Å². The Morgan fingerprint density at radius 1 is 0.939 bits per heavy atom. The minimum absolute atomic E-state index is 0.0127. The molecule has 1 unspecified atom stereocenters. The highest BCUT2D eigenvalue weighted by molar-refractivity contribution is 5.68. The minimum atomic E-state index is -0.100. The zero-order valence-corrected chi connectivity index (χ0v) is 20.5. The fraction of sp³-hybridized carbons (Fsp3) is 0.552. The highest BCUT2D eigenvalue weighted by Crippen LogP contribution is 2.30. The second-order valence-corrected chi connectivity index (χ2v) is 9.20. The van der Waals surface area contributed by atoms with Crippen LogP contribution in [0.2, 0.25) is 0 Å². The van der Waals surface area contributed by atoms with Crippen LogP contribution < -0.4 is 0 Å². The van der Waals surface area contributed by atoms with Crippen LogP contribution in [0, 0.1) is 0 Å². The lowest BCUT2D eigenvalue weighted by Gasteiger charge is -2.34. The number of unbranched alkanes of at least 4 members (excludes halogenated alkanes) is 3. The van der Waals surface area contributed by atoms with E-state index in [9.17, 15) is 4.79 Å². The minimum Gasteiger partial charge on any atom is -0.469 e. The van der Waals surface area contributed by atoms with Gasteiger partial charge in [0, 0.05) is 19.5 Å². The molecule has 2 aromatic rings. The van der Waals surface area contributed by atoms with E-state index in [0.717, 1.165) is 58.2 Å². The van der Waals surface area contributed by atoms with Crippen LogP contribution in [-0.4, -0.2) is 43.7 Å². The predicted molar refractivity (Wildman–Crippen MR) is 134 cm³/mol. The first-order valence-corrected chi connectivity index (χ1v) is 12.8. The summed E-state index contributed by atoms with van der Waals surface area (Å²) >= 11 is 0. The number of ether oxygens (including phenoxy) is 2. The fourth-order valence-corrected chi connectivity index (χ4v) is 4.56. The number of benzene rings is 2. The highest BCUT2D eigenvalue weighted by atomic mass is 16.5. The summed E-state index contributed by atoms with van der Waals surface area (Å²) in [7, 11) is 1.46. The number of rotatable bonds is 13. The van der Waals surface area contributed by atoms with Crippen molar-refractivity contribution in [3.63, 3.8) is 0 Å². The summed E-state index contributed by atoms with van der Waals surface area (Å²) in [5.74, 6) is -0.100. The summed E-state index contributed by atoms with van der Waals surface area (Å²) in [4.78, 5) is 13.8. The summed E-state index contributed by atoms with van der Waals surface area (Å²) in [5, 5.41) is 0. The van der Waals surface area contributed by atoms with Gasteiger partial charge in [-0.05, 0) is 61.8 Å². The van der Waals surface area contributed by atoms with Gasteiger partial charge >= 0.3 is 5.97 Å². The van der Waals surface area contributed by atoms with Crippen LogP contribution in [0.1, 0.15) is 81.1 Å². The van der Waals surface area contributed by atoms with E-state index >= 15 is 0 Å². The standard InChI is InChI=1S/C29H41NO3/c1-3-4-11-24-15-17-26(18-16-24)29(25-12-7-5-8-13-25)33-27-19-22-30(23-20-27)21-10-6-9-14-28(31)32-2/h5,7-8,12-13,15-18,27,29H,3-4,6,9-11,14,19-23H2,1-2H3. The van der Waals surface area contributed by atoms with E-state index in [4.69, 9.17) is 9.47 Å². The van der Waals surface area contributed by atoms with E-state index in [1.54, 1.807) is 0 Å². The van der Waals surface area contributed by atoms with Crippen molar-refractivity contribution in [1.82, 2.24) is 4.90 Å². The number of carbonyl (C=O) groups is 1. The van der Waals surface area contributed by atoms with Gasteiger partial charge in [-0.2, -0.15) is 0 Å². The Morgan fingerprint density at radius 2 is 1.64 bits per heavy atom. The van der Waals surface area contributed by atoms with Gasteiger partial charge in [0.05, 0.1) is 13.2 Å².